The Balaban J connectivity index is 1.68. The summed E-state index contributed by atoms with van der Waals surface area (Å²) in [7, 11) is 0. The first kappa shape index (κ1) is 12.5. The molecule has 3 heterocycles. The van der Waals surface area contributed by atoms with E-state index in [0.717, 1.165) is 36.0 Å². The summed E-state index contributed by atoms with van der Waals surface area (Å²) < 4.78 is 2.02. The predicted octanol–water partition coefficient (Wildman–Crippen LogP) is 2.33. The Morgan fingerprint density at radius 2 is 2.21 bits per heavy atom. The summed E-state index contributed by atoms with van der Waals surface area (Å²) in [4.78, 5) is 7.23. The largest absolute Gasteiger partial charge is 0.398 e. The fourth-order valence-electron chi connectivity index (χ4n) is 2.93. The highest BCUT2D eigenvalue weighted by Gasteiger charge is 2.17. The average molecular weight is 258 g/mol. The quantitative estimate of drug-likeness (QED) is 0.919. The first-order valence-corrected chi connectivity index (χ1v) is 7.19. The van der Waals surface area contributed by atoms with Crippen LogP contribution in [0.4, 0.5) is 5.69 Å². The van der Waals surface area contributed by atoms with Crippen LogP contribution in [0.2, 0.25) is 0 Å². The third-order valence-corrected chi connectivity index (χ3v) is 4.12. The van der Waals surface area contributed by atoms with Gasteiger partial charge in [-0.2, -0.15) is 0 Å². The zero-order valence-corrected chi connectivity index (χ0v) is 11.5. The number of nitrogens with two attached hydrogens (primary N) is 1. The summed E-state index contributed by atoms with van der Waals surface area (Å²) in [5.74, 6) is 0. The van der Waals surface area contributed by atoms with E-state index in [2.05, 4.69) is 23.0 Å². The minimum atomic E-state index is 0.724. The van der Waals surface area contributed by atoms with E-state index in [1.807, 2.05) is 22.7 Å². The zero-order chi connectivity index (χ0) is 13.2. The van der Waals surface area contributed by atoms with Crippen LogP contribution >= 0.6 is 0 Å². The van der Waals surface area contributed by atoms with Gasteiger partial charge in [0.1, 0.15) is 5.65 Å². The highest BCUT2D eigenvalue weighted by molar-refractivity contribution is 5.48. The molecule has 1 aliphatic rings. The van der Waals surface area contributed by atoms with Crippen LogP contribution in [0.25, 0.3) is 5.65 Å². The second-order valence-corrected chi connectivity index (χ2v) is 5.59. The van der Waals surface area contributed by atoms with E-state index < -0.39 is 0 Å². The molecule has 1 saturated heterocycles. The predicted molar refractivity (Wildman–Crippen MR) is 78.2 cm³/mol. The van der Waals surface area contributed by atoms with E-state index in [0.29, 0.717) is 0 Å². The summed E-state index contributed by atoms with van der Waals surface area (Å²) >= 11 is 0. The molecule has 1 aliphatic heterocycles. The van der Waals surface area contributed by atoms with Gasteiger partial charge in [0.2, 0.25) is 0 Å². The number of anilines is 1. The lowest BCUT2D eigenvalue weighted by molar-refractivity contribution is 0.162. The van der Waals surface area contributed by atoms with E-state index in [-0.39, 0.29) is 0 Å². The van der Waals surface area contributed by atoms with Gasteiger partial charge < -0.3 is 15.0 Å². The van der Waals surface area contributed by atoms with Crippen LogP contribution in [0.5, 0.6) is 0 Å². The molecule has 0 aromatic carbocycles. The molecule has 2 N–H and O–H groups in total. The molecular weight excluding hydrogens is 236 g/mol. The number of hydrogen-bond donors (Lipinski definition) is 1. The number of imidazole rings is 1. The Labute approximate surface area is 114 Å². The van der Waals surface area contributed by atoms with Gasteiger partial charge >= 0.3 is 0 Å². The van der Waals surface area contributed by atoms with Crippen LogP contribution in [0.3, 0.4) is 0 Å². The molecule has 4 heteroatoms. The molecule has 1 atom stereocenters. The lowest BCUT2D eigenvalue weighted by Gasteiger charge is -2.33. The zero-order valence-electron chi connectivity index (χ0n) is 11.5. The molecule has 3 rings (SSSR count). The van der Waals surface area contributed by atoms with Crippen molar-refractivity contribution >= 4 is 11.3 Å². The number of pyridine rings is 1. The number of piperidine rings is 1. The van der Waals surface area contributed by atoms with E-state index >= 15 is 0 Å². The molecule has 1 fully saturated rings. The number of rotatable bonds is 3. The summed E-state index contributed by atoms with van der Waals surface area (Å²) in [5.41, 5.74) is 8.70. The third kappa shape index (κ3) is 2.73. The number of nitrogens with zero attached hydrogens (tertiary/aromatic N) is 3. The maximum absolute atomic E-state index is 5.79. The van der Waals surface area contributed by atoms with Crippen LogP contribution in [-0.2, 0) is 6.42 Å². The van der Waals surface area contributed by atoms with Crippen LogP contribution in [-0.4, -0.2) is 33.4 Å². The number of hydrogen-bond acceptors (Lipinski definition) is 3. The van der Waals surface area contributed by atoms with Crippen molar-refractivity contribution < 1.29 is 0 Å². The van der Waals surface area contributed by atoms with Gasteiger partial charge in [-0.15, -0.1) is 0 Å². The summed E-state index contributed by atoms with van der Waals surface area (Å²) in [5, 5.41) is 0. The fourth-order valence-corrected chi connectivity index (χ4v) is 2.93. The van der Waals surface area contributed by atoms with Crippen molar-refractivity contribution in [2.75, 3.05) is 18.8 Å². The minimum Gasteiger partial charge on any atom is -0.398 e. The molecule has 0 saturated carbocycles. The summed E-state index contributed by atoms with van der Waals surface area (Å²) in [6.45, 7) is 4.69. The van der Waals surface area contributed by atoms with Gasteiger partial charge in [-0.25, -0.2) is 4.98 Å². The molecule has 0 spiro atoms. The van der Waals surface area contributed by atoms with Gasteiger partial charge in [0.15, 0.2) is 0 Å². The van der Waals surface area contributed by atoms with Crippen molar-refractivity contribution in [2.45, 2.75) is 38.6 Å². The monoisotopic (exact) mass is 258 g/mol. The number of aromatic nitrogens is 2. The van der Waals surface area contributed by atoms with Crippen molar-refractivity contribution in [3.8, 4) is 0 Å². The van der Waals surface area contributed by atoms with Crippen molar-refractivity contribution in [1.82, 2.24) is 14.3 Å². The second-order valence-electron chi connectivity index (χ2n) is 5.59. The molecular formula is C15H22N4. The normalized spacial score (nSPS) is 21.0. The van der Waals surface area contributed by atoms with Gasteiger partial charge in [-0.1, -0.05) is 6.42 Å². The SMILES string of the molecule is CC1CCCCN1CCc1cn2cc(N)ccc2n1. The maximum Gasteiger partial charge on any atom is 0.137 e. The Bertz CT molecular complexity index is 560. The van der Waals surface area contributed by atoms with Gasteiger partial charge in [-0.3, -0.25) is 0 Å². The highest BCUT2D eigenvalue weighted by Crippen LogP contribution is 2.17. The molecule has 102 valence electrons. The molecule has 19 heavy (non-hydrogen) atoms. The van der Waals surface area contributed by atoms with Crippen LogP contribution in [0, 0.1) is 0 Å². The van der Waals surface area contributed by atoms with Crippen molar-refractivity contribution in [3.63, 3.8) is 0 Å². The van der Waals surface area contributed by atoms with E-state index in [1.165, 1.54) is 25.8 Å². The number of likely N-dealkylation sites (tertiary alicyclic amines) is 1. The third-order valence-electron chi connectivity index (χ3n) is 4.12. The lowest BCUT2D eigenvalue weighted by Crippen LogP contribution is -2.38. The molecule has 2 aromatic rings. The Morgan fingerprint density at radius 3 is 3.05 bits per heavy atom. The molecule has 2 aromatic heterocycles. The van der Waals surface area contributed by atoms with E-state index in [4.69, 9.17) is 5.73 Å². The van der Waals surface area contributed by atoms with Crippen molar-refractivity contribution in [1.29, 1.82) is 0 Å². The Hall–Kier alpha value is -1.55. The summed E-state index contributed by atoms with van der Waals surface area (Å²) in [6.07, 6.45) is 9.10. The fraction of sp³-hybridized carbons (Fsp3) is 0.533. The average Bonchev–Trinajstić information content (AvgIpc) is 2.79. The van der Waals surface area contributed by atoms with Gasteiger partial charge in [0.25, 0.3) is 0 Å². The lowest BCUT2D eigenvalue weighted by atomic mass is 10.0. The molecule has 1 unspecified atom stereocenters. The number of fused-ring (bicyclic) bond motifs is 1. The summed E-state index contributed by atoms with van der Waals surface area (Å²) in [6, 6.07) is 4.60. The second kappa shape index (κ2) is 5.21. The number of nitrogen functional groups attached to an aromatic ring is 1. The van der Waals surface area contributed by atoms with E-state index in [9.17, 15) is 0 Å². The topological polar surface area (TPSA) is 46.6 Å². The molecule has 4 nitrogen and oxygen atoms in total. The van der Waals surface area contributed by atoms with Gasteiger partial charge in [-0.05, 0) is 38.4 Å². The van der Waals surface area contributed by atoms with E-state index in [1.54, 1.807) is 0 Å². The molecule has 0 amide bonds. The molecule has 0 radical (unpaired) electrons. The Kier molecular flexibility index (Phi) is 3.42. The van der Waals surface area contributed by atoms with Crippen LogP contribution in [0.15, 0.2) is 24.5 Å². The van der Waals surface area contributed by atoms with Crippen LogP contribution in [0.1, 0.15) is 31.9 Å². The van der Waals surface area contributed by atoms with Gasteiger partial charge in [0, 0.05) is 37.1 Å². The van der Waals surface area contributed by atoms with Crippen molar-refractivity contribution in [2.24, 2.45) is 0 Å². The van der Waals surface area contributed by atoms with Crippen LogP contribution < -0.4 is 5.73 Å². The minimum absolute atomic E-state index is 0.724. The maximum atomic E-state index is 5.79. The first-order chi connectivity index (χ1) is 9.22. The molecule has 0 bridgehead atoms. The molecule has 0 aliphatic carbocycles. The standard InChI is InChI=1S/C15H22N4/c1-12-4-2-3-8-18(12)9-7-14-11-19-10-13(16)5-6-15(19)17-14/h5-6,10-12H,2-4,7-9,16H2,1H3. The van der Waals surface area contributed by atoms with Crippen molar-refractivity contribution in [3.05, 3.63) is 30.2 Å². The Morgan fingerprint density at radius 1 is 1.32 bits per heavy atom. The highest BCUT2D eigenvalue weighted by atomic mass is 15.2. The smallest absolute Gasteiger partial charge is 0.137 e. The van der Waals surface area contributed by atoms with Gasteiger partial charge in [0.05, 0.1) is 5.69 Å². The first-order valence-electron chi connectivity index (χ1n) is 7.19.